The average molecular weight is 393 g/mol. The minimum absolute atomic E-state index is 0.00997. The van der Waals surface area contributed by atoms with Crippen LogP contribution in [0.1, 0.15) is 18.2 Å². The second-order valence-corrected chi connectivity index (χ2v) is 7.96. The van der Waals surface area contributed by atoms with Crippen molar-refractivity contribution in [3.63, 3.8) is 0 Å². The van der Waals surface area contributed by atoms with Gasteiger partial charge < -0.3 is 14.5 Å². The minimum atomic E-state index is -0.330. The number of hydrogen-bond acceptors (Lipinski definition) is 4. The molecule has 7 heteroatoms. The van der Waals surface area contributed by atoms with Gasteiger partial charge in [-0.3, -0.25) is 9.59 Å². The number of thiophene rings is 1. The van der Waals surface area contributed by atoms with Gasteiger partial charge in [-0.1, -0.05) is 17.7 Å². The van der Waals surface area contributed by atoms with Crippen LogP contribution in [0, 0.1) is 5.92 Å². The van der Waals surface area contributed by atoms with E-state index >= 15 is 0 Å². The molecule has 5 nitrogen and oxygen atoms in total. The summed E-state index contributed by atoms with van der Waals surface area (Å²) < 4.78 is 5.94. The molecule has 0 aliphatic carbocycles. The van der Waals surface area contributed by atoms with Gasteiger partial charge >= 0.3 is 0 Å². The van der Waals surface area contributed by atoms with Crippen LogP contribution in [0.15, 0.2) is 36.4 Å². The largest absolute Gasteiger partial charge is 0.497 e. The van der Waals surface area contributed by atoms with Gasteiger partial charge in [0.1, 0.15) is 5.75 Å². The van der Waals surface area contributed by atoms with Crippen molar-refractivity contribution < 1.29 is 14.3 Å². The third-order valence-electron chi connectivity index (χ3n) is 4.51. The van der Waals surface area contributed by atoms with Crippen LogP contribution in [-0.4, -0.2) is 36.9 Å². The first kappa shape index (κ1) is 18.7. The SMILES string of the molecule is CCN(Cc1ccc(Cl)s1)C(=O)C1CC(=O)N(c2cccc(OC)c2)C1. The smallest absolute Gasteiger partial charge is 0.228 e. The fourth-order valence-corrected chi connectivity index (χ4v) is 4.23. The van der Waals surface area contributed by atoms with Crippen molar-refractivity contribution >= 4 is 40.4 Å². The van der Waals surface area contributed by atoms with Crippen LogP contribution >= 0.6 is 22.9 Å². The summed E-state index contributed by atoms with van der Waals surface area (Å²) in [5.41, 5.74) is 0.762. The molecule has 1 aromatic carbocycles. The molecule has 2 aromatic rings. The van der Waals surface area contributed by atoms with E-state index in [0.29, 0.717) is 29.7 Å². The normalized spacial score (nSPS) is 16.8. The molecule has 1 fully saturated rings. The van der Waals surface area contributed by atoms with E-state index < -0.39 is 0 Å². The van der Waals surface area contributed by atoms with E-state index in [0.717, 1.165) is 10.6 Å². The molecule has 2 heterocycles. The molecular weight excluding hydrogens is 372 g/mol. The third kappa shape index (κ3) is 4.02. The van der Waals surface area contributed by atoms with Crippen molar-refractivity contribution in [2.75, 3.05) is 25.1 Å². The van der Waals surface area contributed by atoms with Gasteiger partial charge in [-0.2, -0.15) is 0 Å². The van der Waals surface area contributed by atoms with E-state index in [1.807, 2.05) is 43.3 Å². The number of benzene rings is 1. The molecule has 1 unspecified atom stereocenters. The van der Waals surface area contributed by atoms with Crippen molar-refractivity contribution in [3.05, 3.63) is 45.6 Å². The summed E-state index contributed by atoms with van der Waals surface area (Å²) in [5, 5.41) is 0. The summed E-state index contributed by atoms with van der Waals surface area (Å²) in [5.74, 6) is 0.335. The number of halogens is 1. The second-order valence-electron chi connectivity index (χ2n) is 6.17. The van der Waals surface area contributed by atoms with Crippen LogP contribution in [0.2, 0.25) is 4.34 Å². The van der Waals surface area contributed by atoms with Gasteiger partial charge in [0.05, 0.1) is 23.9 Å². The lowest BCUT2D eigenvalue weighted by molar-refractivity contribution is -0.136. The Morgan fingerprint density at radius 3 is 2.85 bits per heavy atom. The Labute approximate surface area is 162 Å². The van der Waals surface area contributed by atoms with E-state index in [9.17, 15) is 9.59 Å². The Morgan fingerprint density at radius 1 is 1.38 bits per heavy atom. The fourth-order valence-electron chi connectivity index (χ4n) is 3.13. The maximum Gasteiger partial charge on any atom is 0.228 e. The monoisotopic (exact) mass is 392 g/mol. The quantitative estimate of drug-likeness (QED) is 0.751. The lowest BCUT2D eigenvalue weighted by Gasteiger charge is -2.24. The second kappa shape index (κ2) is 8.10. The van der Waals surface area contributed by atoms with Gasteiger partial charge in [-0.15, -0.1) is 11.3 Å². The van der Waals surface area contributed by atoms with E-state index in [1.54, 1.807) is 16.9 Å². The van der Waals surface area contributed by atoms with E-state index in [4.69, 9.17) is 16.3 Å². The van der Waals surface area contributed by atoms with Crippen molar-refractivity contribution in [3.8, 4) is 5.75 Å². The number of nitrogens with zero attached hydrogens (tertiary/aromatic N) is 2. The lowest BCUT2D eigenvalue weighted by Crippen LogP contribution is -2.36. The first-order valence-corrected chi connectivity index (χ1v) is 9.68. The summed E-state index contributed by atoms with van der Waals surface area (Å²) >= 11 is 7.45. The molecule has 26 heavy (non-hydrogen) atoms. The number of carbonyl (C=O) groups excluding carboxylic acids is 2. The topological polar surface area (TPSA) is 49.9 Å². The number of rotatable bonds is 6. The number of amides is 2. The van der Waals surface area contributed by atoms with Crippen LogP contribution < -0.4 is 9.64 Å². The molecular formula is C19H21ClN2O3S. The molecule has 1 aliphatic heterocycles. The molecule has 2 amide bonds. The molecule has 138 valence electrons. The van der Waals surface area contributed by atoms with Crippen LogP contribution in [-0.2, 0) is 16.1 Å². The highest BCUT2D eigenvalue weighted by Crippen LogP contribution is 2.29. The first-order valence-electron chi connectivity index (χ1n) is 8.49. The van der Waals surface area contributed by atoms with Gasteiger partial charge in [-0.05, 0) is 31.2 Å². The molecule has 0 radical (unpaired) electrons. The minimum Gasteiger partial charge on any atom is -0.497 e. The lowest BCUT2D eigenvalue weighted by atomic mass is 10.1. The Hall–Kier alpha value is -2.05. The third-order valence-corrected chi connectivity index (χ3v) is 5.72. The van der Waals surface area contributed by atoms with E-state index in [1.165, 1.54) is 11.3 Å². The van der Waals surface area contributed by atoms with Crippen LogP contribution in [0.25, 0.3) is 0 Å². The Balaban J connectivity index is 1.70. The van der Waals surface area contributed by atoms with Gasteiger partial charge in [0.25, 0.3) is 0 Å². The van der Waals surface area contributed by atoms with Crippen molar-refractivity contribution in [1.29, 1.82) is 0 Å². The molecule has 1 aromatic heterocycles. The van der Waals surface area contributed by atoms with Crippen molar-refractivity contribution in [1.82, 2.24) is 4.90 Å². The molecule has 0 saturated carbocycles. The summed E-state index contributed by atoms with van der Waals surface area (Å²) in [6, 6.07) is 11.1. The van der Waals surface area contributed by atoms with Crippen molar-refractivity contribution in [2.45, 2.75) is 19.9 Å². The standard InChI is InChI=1S/C19H21ClN2O3S/c1-3-21(12-16-7-8-17(20)26-16)19(24)13-9-18(23)22(11-13)14-5-4-6-15(10-14)25-2/h4-8,10,13H,3,9,11-12H2,1-2H3. The maximum atomic E-state index is 12.9. The number of anilines is 1. The zero-order valence-electron chi connectivity index (χ0n) is 14.8. The fraction of sp³-hybridized carbons (Fsp3) is 0.368. The first-order chi connectivity index (χ1) is 12.5. The number of ether oxygens (including phenoxy) is 1. The summed E-state index contributed by atoms with van der Waals surface area (Å²) in [4.78, 5) is 29.9. The summed E-state index contributed by atoms with van der Waals surface area (Å²) in [7, 11) is 1.59. The van der Waals surface area contributed by atoms with Gasteiger partial charge in [0, 0.05) is 36.1 Å². The maximum absolute atomic E-state index is 12.9. The molecule has 0 spiro atoms. The van der Waals surface area contributed by atoms with Gasteiger partial charge in [0.15, 0.2) is 0 Å². The zero-order chi connectivity index (χ0) is 18.7. The van der Waals surface area contributed by atoms with Crippen LogP contribution in [0.4, 0.5) is 5.69 Å². The highest BCUT2D eigenvalue weighted by molar-refractivity contribution is 7.16. The van der Waals surface area contributed by atoms with Crippen LogP contribution in [0.3, 0.4) is 0 Å². The average Bonchev–Trinajstić information content (AvgIpc) is 3.24. The number of methoxy groups -OCH3 is 1. The predicted molar refractivity (Wildman–Crippen MR) is 104 cm³/mol. The van der Waals surface area contributed by atoms with Crippen molar-refractivity contribution in [2.24, 2.45) is 5.92 Å². The van der Waals surface area contributed by atoms with Gasteiger partial charge in [-0.25, -0.2) is 0 Å². The molecule has 1 atom stereocenters. The molecule has 0 N–H and O–H groups in total. The summed E-state index contributed by atoms with van der Waals surface area (Å²) in [6.07, 6.45) is 0.234. The molecule has 0 bridgehead atoms. The highest BCUT2D eigenvalue weighted by atomic mass is 35.5. The highest BCUT2D eigenvalue weighted by Gasteiger charge is 2.37. The molecule has 1 aliphatic rings. The number of hydrogen-bond donors (Lipinski definition) is 0. The molecule has 3 rings (SSSR count). The Bertz CT molecular complexity index is 808. The van der Waals surface area contributed by atoms with Gasteiger partial charge in [0.2, 0.25) is 11.8 Å². The Kier molecular flexibility index (Phi) is 5.84. The van der Waals surface area contributed by atoms with E-state index in [-0.39, 0.29) is 24.2 Å². The predicted octanol–water partition coefficient (Wildman–Crippen LogP) is 3.81. The molecule has 1 saturated heterocycles. The van der Waals surface area contributed by atoms with Crippen LogP contribution in [0.5, 0.6) is 5.75 Å². The summed E-state index contributed by atoms with van der Waals surface area (Å²) in [6.45, 7) is 3.46. The van der Waals surface area contributed by atoms with E-state index in [2.05, 4.69) is 0 Å². The zero-order valence-corrected chi connectivity index (χ0v) is 16.3. The Morgan fingerprint density at radius 2 is 2.19 bits per heavy atom. The number of carbonyl (C=O) groups is 2.